The van der Waals surface area contributed by atoms with Gasteiger partial charge in [-0.3, -0.25) is 4.79 Å². The number of hydrogen-bond acceptors (Lipinski definition) is 4. The first-order valence-corrected chi connectivity index (χ1v) is 7.95. The van der Waals surface area contributed by atoms with Crippen LogP contribution in [0.15, 0.2) is 30.3 Å². The fraction of sp³-hybridized carbons (Fsp3) is 0.588. The number of para-hydroxylation sites is 1. The van der Waals surface area contributed by atoms with Crippen LogP contribution in [0.1, 0.15) is 19.3 Å². The quantitative estimate of drug-likeness (QED) is 0.917. The zero-order chi connectivity index (χ0) is 15.4. The van der Waals surface area contributed by atoms with Crippen LogP contribution >= 0.6 is 0 Å². The number of nitrogens with one attached hydrogen (secondary N) is 1. The number of piperidine rings is 1. The predicted molar refractivity (Wildman–Crippen MR) is 85.0 cm³/mol. The van der Waals surface area contributed by atoms with Gasteiger partial charge >= 0.3 is 0 Å². The molecule has 2 aliphatic rings. The van der Waals surface area contributed by atoms with Crippen molar-refractivity contribution in [3.63, 3.8) is 0 Å². The van der Waals surface area contributed by atoms with E-state index in [2.05, 4.69) is 5.32 Å². The number of ether oxygens (including phenoxy) is 2. The third-order valence-corrected chi connectivity index (χ3v) is 4.64. The monoisotopic (exact) mass is 304 g/mol. The van der Waals surface area contributed by atoms with E-state index in [-0.39, 0.29) is 24.2 Å². The average molecular weight is 304 g/mol. The molecule has 0 aliphatic carbocycles. The number of hydrogen-bond donors (Lipinski definition) is 1. The largest absolute Gasteiger partial charge is 0.375 e. The van der Waals surface area contributed by atoms with Crippen molar-refractivity contribution in [2.24, 2.45) is 0 Å². The number of anilines is 1. The molecule has 1 atom stereocenters. The lowest BCUT2D eigenvalue weighted by molar-refractivity contribution is -0.122. The fourth-order valence-electron chi connectivity index (χ4n) is 3.56. The molecular formula is C17H24N2O3. The van der Waals surface area contributed by atoms with E-state index in [1.165, 1.54) is 0 Å². The van der Waals surface area contributed by atoms with E-state index >= 15 is 0 Å². The van der Waals surface area contributed by atoms with Gasteiger partial charge in [0.1, 0.15) is 6.61 Å². The molecule has 120 valence electrons. The number of rotatable bonds is 4. The van der Waals surface area contributed by atoms with Crippen molar-refractivity contribution in [3.05, 3.63) is 30.3 Å². The van der Waals surface area contributed by atoms with E-state index < -0.39 is 0 Å². The summed E-state index contributed by atoms with van der Waals surface area (Å²) in [4.78, 5) is 14.4. The summed E-state index contributed by atoms with van der Waals surface area (Å²) in [5.74, 6) is -0.00622. The molecule has 2 heterocycles. The van der Waals surface area contributed by atoms with Crippen LogP contribution in [-0.2, 0) is 14.3 Å². The third-order valence-electron chi connectivity index (χ3n) is 4.64. The van der Waals surface area contributed by atoms with Crippen LogP contribution in [0.25, 0.3) is 0 Å². The standard InChI is InChI=1S/C17H24N2O3/c1-21-13-16(20)19(14-5-3-2-4-6-14)15-11-17(22-12-15)7-9-18-10-8-17/h2-6,15,18H,7-13H2,1H3. The Balaban J connectivity index is 1.79. The van der Waals surface area contributed by atoms with Crippen LogP contribution in [0.5, 0.6) is 0 Å². The van der Waals surface area contributed by atoms with E-state index in [0.29, 0.717) is 6.61 Å². The van der Waals surface area contributed by atoms with Gasteiger partial charge in [-0.25, -0.2) is 0 Å². The lowest BCUT2D eigenvalue weighted by atomic mass is 9.88. The summed E-state index contributed by atoms with van der Waals surface area (Å²) in [7, 11) is 1.56. The van der Waals surface area contributed by atoms with Gasteiger partial charge in [0.15, 0.2) is 0 Å². The molecule has 2 saturated heterocycles. The van der Waals surface area contributed by atoms with Gasteiger partial charge in [-0.1, -0.05) is 18.2 Å². The van der Waals surface area contributed by atoms with Crippen LogP contribution in [0, 0.1) is 0 Å². The molecule has 2 fully saturated rings. The van der Waals surface area contributed by atoms with Crippen molar-refractivity contribution < 1.29 is 14.3 Å². The van der Waals surface area contributed by atoms with Gasteiger partial charge in [0.2, 0.25) is 0 Å². The summed E-state index contributed by atoms with van der Waals surface area (Å²) in [6, 6.07) is 9.91. The van der Waals surface area contributed by atoms with Crippen LogP contribution < -0.4 is 10.2 Å². The van der Waals surface area contributed by atoms with Crippen molar-refractivity contribution in [1.82, 2.24) is 5.32 Å². The normalized spacial score (nSPS) is 23.6. The Morgan fingerprint density at radius 3 is 2.77 bits per heavy atom. The van der Waals surface area contributed by atoms with Crippen LogP contribution in [0.4, 0.5) is 5.69 Å². The molecule has 1 aromatic rings. The number of carbonyl (C=O) groups excluding carboxylic acids is 1. The molecule has 0 bridgehead atoms. The molecule has 1 aromatic carbocycles. The molecule has 2 aliphatic heterocycles. The summed E-state index contributed by atoms with van der Waals surface area (Å²) < 4.78 is 11.2. The molecule has 0 saturated carbocycles. The second kappa shape index (κ2) is 6.77. The van der Waals surface area contributed by atoms with Gasteiger partial charge in [0.05, 0.1) is 18.2 Å². The topological polar surface area (TPSA) is 50.8 Å². The number of amides is 1. The summed E-state index contributed by atoms with van der Waals surface area (Å²) in [6.45, 7) is 2.68. The van der Waals surface area contributed by atoms with Gasteiger partial charge < -0.3 is 19.7 Å². The lowest BCUT2D eigenvalue weighted by Gasteiger charge is -2.34. The van der Waals surface area contributed by atoms with E-state index in [1.807, 2.05) is 35.2 Å². The third kappa shape index (κ3) is 3.16. The maximum atomic E-state index is 12.5. The van der Waals surface area contributed by atoms with Crippen molar-refractivity contribution in [1.29, 1.82) is 0 Å². The van der Waals surface area contributed by atoms with Gasteiger partial charge in [0.25, 0.3) is 5.91 Å². The molecule has 22 heavy (non-hydrogen) atoms. The van der Waals surface area contributed by atoms with E-state index in [9.17, 15) is 4.79 Å². The number of methoxy groups -OCH3 is 1. The first kappa shape index (κ1) is 15.5. The van der Waals surface area contributed by atoms with Crippen molar-refractivity contribution in [2.45, 2.75) is 30.9 Å². The van der Waals surface area contributed by atoms with Crippen LogP contribution in [0.2, 0.25) is 0 Å². The predicted octanol–water partition coefficient (Wildman–Crippen LogP) is 1.58. The fourth-order valence-corrected chi connectivity index (χ4v) is 3.56. The van der Waals surface area contributed by atoms with E-state index in [4.69, 9.17) is 9.47 Å². The van der Waals surface area contributed by atoms with Gasteiger partial charge in [-0.2, -0.15) is 0 Å². The Morgan fingerprint density at radius 1 is 1.36 bits per heavy atom. The van der Waals surface area contributed by atoms with Gasteiger partial charge in [-0.15, -0.1) is 0 Å². The molecule has 0 aromatic heterocycles. The highest BCUT2D eigenvalue weighted by atomic mass is 16.5. The SMILES string of the molecule is COCC(=O)N(c1ccccc1)C1COC2(CCNCC2)C1. The number of carbonyl (C=O) groups is 1. The molecule has 0 radical (unpaired) electrons. The lowest BCUT2D eigenvalue weighted by Crippen LogP contribution is -2.45. The molecular weight excluding hydrogens is 280 g/mol. The number of benzene rings is 1. The molecule has 3 rings (SSSR count). The Bertz CT molecular complexity index is 500. The zero-order valence-electron chi connectivity index (χ0n) is 13.1. The Hall–Kier alpha value is -1.43. The zero-order valence-corrected chi connectivity index (χ0v) is 13.1. The maximum absolute atomic E-state index is 12.5. The molecule has 1 unspecified atom stereocenters. The van der Waals surface area contributed by atoms with Crippen molar-refractivity contribution >= 4 is 11.6 Å². The Morgan fingerprint density at radius 2 is 2.09 bits per heavy atom. The minimum atomic E-state index is -0.0592. The van der Waals surface area contributed by atoms with Crippen LogP contribution in [0.3, 0.4) is 0 Å². The second-order valence-corrected chi connectivity index (χ2v) is 6.13. The molecule has 5 nitrogen and oxygen atoms in total. The summed E-state index contributed by atoms with van der Waals surface area (Å²) >= 11 is 0. The first-order chi connectivity index (χ1) is 10.7. The number of nitrogens with zero attached hydrogens (tertiary/aromatic N) is 1. The van der Waals surface area contributed by atoms with Crippen LogP contribution in [-0.4, -0.2) is 51.0 Å². The average Bonchev–Trinajstić information content (AvgIpc) is 2.93. The molecule has 1 amide bonds. The summed E-state index contributed by atoms with van der Waals surface area (Å²) in [6.07, 6.45) is 2.94. The smallest absolute Gasteiger partial charge is 0.253 e. The maximum Gasteiger partial charge on any atom is 0.253 e. The minimum Gasteiger partial charge on any atom is -0.375 e. The Labute approximate surface area is 131 Å². The highest BCUT2D eigenvalue weighted by Gasteiger charge is 2.44. The Kier molecular flexibility index (Phi) is 4.76. The first-order valence-electron chi connectivity index (χ1n) is 7.95. The highest BCUT2D eigenvalue weighted by Crippen LogP contribution is 2.37. The van der Waals surface area contributed by atoms with E-state index in [1.54, 1.807) is 7.11 Å². The molecule has 1 spiro atoms. The molecule has 5 heteroatoms. The summed E-state index contributed by atoms with van der Waals surface area (Å²) in [5.41, 5.74) is 0.861. The van der Waals surface area contributed by atoms with Crippen molar-refractivity contribution in [3.8, 4) is 0 Å². The van der Waals surface area contributed by atoms with Gasteiger partial charge in [-0.05, 0) is 44.5 Å². The van der Waals surface area contributed by atoms with E-state index in [0.717, 1.165) is 38.0 Å². The highest BCUT2D eigenvalue weighted by molar-refractivity contribution is 5.95. The van der Waals surface area contributed by atoms with Crippen molar-refractivity contribution in [2.75, 3.05) is 38.3 Å². The minimum absolute atomic E-state index is 0.00622. The van der Waals surface area contributed by atoms with Gasteiger partial charge in [0, 0.05) is 12.8 Å². The summed E-state index contributed by atoms with van der Waals surface area (Å²) in [5, 5.41) is 3.37. The second-order valence-electron chi connectivity index (χ2n) is 6.13. The molecule has 1 N–H and O–H groups in total.